The second-order valence-corrected chi connectivity index (χ2v) is 7.69. The Morgan fingerprint density at radius 3 is 2.24 bits per heavy atom. The van der Waals surface area contributed by atoms with Crippen molar-refractivity contribution in [2.24, 2.45) is 0 Å². The molecular weight excluding hydrogens is 344 g/mol. The monoisotopic (exact) mass is 358 g/mol. The van der Waals surface area contributed by atoms with Gasteiger partial charge in [0.05, 0.1) is 18.1 Å². The summed E-state index contributed by atoms with van der Waals surface area (Å²) in [5, 5.41) is 10.8. The van der Waals surface area contributed by atoms with E-state index in [2.05, 4.69) is 0 Å². The minimum atomic E-state index is -3.88. The van der Waals surface area contributed by atoms with E-state index in [1.807, 2.05) is 0 Å². The number of nitrogens with zero attached hydrogens (tertiary/aromatic N) is 2. The van der Waals surface area contributed by atoms with E-state index < -0.39 is 20.6 Å². The molecule has 0 N–H and O–H groups in total. The largest absolute Gasteiger partial charge is 0.383 e. The van der Waals surface area contributed by atoms with E-state index in [1.54, 1.807) is 0 Å². The minimum Gasteiger partial charge on any atom is -0.383 e. The molecule has 0 fully saturated rings. The van der Waals surface area contributed by atoms with E-state index in [-0.39, 0.29) is 34.8 Å². The minimum absolute atomic E-state index is 0.117. The molecule has 1 rings (SSSR count). The Bertz CT molecular complexity index is 580. The SMILES string of the molecule is COCCN(CCOC)S(=O)(=O)c1cc([N+](=O)[O-])c(Cl)s1. The summed E-state index contributed by atoms with van der Waals surface area (Å²) >= 11 is 6.36. The fourth-order valence-corrected chi connectivity index (χ4v) is 4.68. The Morgan fingerprint density at radius 1 is 1.33 bits per heavy atom. The lowest BCUT2D eigenvalue weighted by Crippen LogP contribution is -2.36. The van der Waals surface area contributed by atoms with Gasteiger partial charge in [-0.05, 0) is 0 Å². The third-order valence-electron chi connectivity index (χ3n) is 2.53. The lowest BCUT2D eigenvalue weighted by atomic mass is 10.6. The predicted molar refractivity (Wildman–Crippen MR) is 78.5 cm³/mol. The highest BCUT2D eigenvalue weighted by molar-refractivity contribution is 7.91. The van der Waals surface area contributed by atoms with E-state index in [1.165, 1.54) is 14.2 Å². The van der Waals surface area contributed by atoms with E-state index in [4.69, 9.17) is 21.1 Å². The molecule has 0 saturated heterocycles. The molecule has 0 saturated carbocycles. The lowest BCUT2D eigenvalue weighted by Gasteiger charge is -2.20. The van der Waals surface area contributed by atoms with Gasteiger partial charge >= 0.3 is 0 Å². The second-order valence-electron chi connectivity index (χ2n) is 3.87. The van der Waals surface area contributed by atoms with Gasteiger partial charge in [0.1, 0.15) is 4.21 Å². The van der Waals surface area contributed by atoms with Crippen LogP contribution in [0.15, 0.2) is 10.3 Å². The maximum atomic E-state index is 12.5. The summed E-state index contributed by atoms with van der Waals surface area (Å²) < 4.78 is 35.5. The molecule has 8 nitrogen and oxygen atoms in total. The first-order valence-corrected chi connectivity index (χ1v) is 8.39. The Labute approximate surface area is 131 Å². The van der Waals surface area contributed by atoms with Gasteiger partial charge in [-0.1, -0.05) is 11.6 Å². The molecule has 0 aliphatic carbocycles. The third kappa shape index (κ3) is 4.59. The van der Waals surface area contributed by atoms with Crippen LogP contribution in [0.25, 0.3) is 0 Å². The van der Waals surface area contributed by atoms with Gasteiger partial charge in [-0.25, -0.2) is 8.42 Å². The summed E-state index contributed by atoms with van der Waals surface area (Å²) in [5.74, 6) is 0. The molecule has 21 heavy (non-hydrogen) atoms. The molecule has 0 aromatic carbocycles. The molecule has 120 valence electrons. The summed E-state index contributed by atoms with van der Waals surface area (Å²) in [6, 6.07) is 0.967. The molecule has 0 aliphatic rings. The van der Waals surface area contributed by atoms with Gasteiger partial charge in [0.2, 0.25) is 0 Å². The smallest absolute Gasteiger partial charge is 0.300 e. The summed E-state index contributed by atoms with van der Waals surface area (Å²) in [4.78, 5) is 10.0. The number of sulfonamides is 1. The molecule has 0 atom stereocenters. The summed E-state index contributed by atoms with van der Waals surface area (Å²) in [6.07, 6.45) is 0. The van der Waals surface area contributed by atoms with Crippen molar-refractivity contribution < 1.29 is 22.8 Å². The standard InChI is InChI=1S/C10H15ClN2O6S2/c1-18-5-3-12(4-6-19-2)21(16,17)9-7-8(13(14)15)10(11)20-9/h7H,3-6H2,1-2H3. The average Bonchev–Trinajstić information content (AvgIpc) is 2.81. The second kappa shape index (κ2) is 8.01. The average molecular weight is 359 g/mol. The van der Waals surface area contributed by atoms with E-state index in [0.717, 1.165) is 10.4 Å². The first kappa shape index (κ1) is 18.3. The molecule has 0 radical (unpaired) electrons. The maximum Gasteiger partial charge on any atom is 0.300 e. The fraction of sp³-hybridized carbons (Fsp3) is 0.600. The Hall–Kier alpha value is -0.780. The first-order valence-electron chi connectivity index (χ1n) is 5.76. The van der Waals surface area contributed by atoms with Gasteiger partial charge in [-0.15, -0.1) is 11.3 Å². The lowest BCUT2D eigenvalue weighted by molar-refractivity contribution is -0.384. The highest BCUT2D eigenvalue weighted by atomic mass is 35.5. The van der Waals surface area contributed by atoms with Crippen LogP contribution >= 0.6 is 22.9 Å². The molecule has 1 aromatic heterocycles. The van der Waals surface area contributed by atoms with Gasteiger partial charge in [0.15, 0.2) is 4.34 Å². The Kier molecular flexibility index (Phi) is 6.97. The van der Waals surface area contributed by atoms with Crippen LogP contribution in [0.5, 0.6) is 0 Å². The molecular formula is C10H15ClN2O6S2. The number of ether oxygens (including phenoxy) is 2. The molecule has 0 bridgehead atoms. The van der Waals surface area contributed by atoms with Crippen LogP contribution < -0.4 is 0 Å². The normalized spacial score (nSPS) is 12.0. The van der Waals surface area contributed by atoms with Crippen molar-refractivity contribution in [3.05, 3.63) is 20.5 Å². The highest BCUT2D eigenvalue weighted by Gasteiger charge is 2.30. The van der Waals surface area contributed by atoms with Crippen LogP contribution in [-0.2, 0) is 19.5 Å². The van der Waals surface area contributed by atoms with E-state index in [0.29, 0.717) is 11.3 Å². The molecule has 0 aliphatic heterocycles. The molecule has 0 unspecified atom stereocenters. The van der Waals surface area contributed by atoms with E-state index >= 15 is 0 Å². The number of hydrogen-bond donors (Lipinski definition) is 0. The Morgan fingerprint density at radius 2 is 1.86 bits per heavy atom. The van der Waals surface area contributed by atoms with E-state index in [9.17, 15) is 18.5 Å². The summed E-state index contributed by atoms with van der Waals surface area (Å²) in [5.41, 5.74) is -0.418. The zero-order valence-corrected chi connectivity index (χ0v) is 13.8. The van der Waals surface area contributed by atoms with Gasteiger partial charge in [0, 0.05) is 33.4 Å². The van der Waals surface area contributed by atoms with Crippen molar-refractivity contribution in [1.29, 1.82) is 0 Å². The summed E-state index contributed by atoms with van der Waals surface area (Å²) in [7, 11) is -0.973. The van der Waals surface area contributed by atoms with Crippen LogP contribution in [0.1, 0.15) is 0 Å². The number of nitro groups is 1. The fourth-order valence-electron chi connectivity index (χ4n) is 1.46. The summed E-state index contributed by atoms with van der Waals surface area (Å²) in [6.45, 7) is 0.630. The van der Waals surface area contributed by atoms with Crippen LogP contribution in [0.3, 0.4) is 0 Å². The van der Waals surface area contributed by atoms with Gasteiger partial charge in [0.25, 0.3) is 15.7 Å². The maximum absolute atomic E-state index is 12.5. The number of hydrogen-bond acceptors (Lipinski definition) is 7. The molecule has 0 spiro atoms. The van der Waals surface area contributed by atoms with Crippen molar-refractivity contribution in [3.63, 3.8) is 0 Å². The quantitative estimate of drug-likeness (QED) is 0.491. The van der Waals surface area contributed by atoms with Crippen molar-refractivity contribution in [2.75, 3.05) is 40.5 Å². The topological polar surface area (TPSA) is 99.0 Å². The van der Waals surface area contributed by atoms with Crippen LogP contribution in [0, 0.1) is 10.1 Å². The molecule has 0 amide bonds. The highest BCUT2D eigenvalue weighted by Crippen LogP contribution is 2.37. The van der Waals surface area contributed by atoms with Crippen molar-refractivity contribution in [1.82, 2.24) is 4.31 Å². The molecule has 1 aromatic rings. The van der Waals surface area contributed by atoms with Crippen molar-refractivity contribution in [2.45, 2.75) is 4.21 Å². The zero-order valence-electron chi connectivity index (χ0n) is 11.4. The van der Waals surface area contributed by atoms with Crippen LogP contribution in [0.4, 0.5) is 5.69 Å². The van der Waals surface area contributed by atoms with Crippen LogP contribution in [-0.4, -0.2) is 58.2 Å². The van der Waals surface area contributed by atoms with Crippen molar-refractivity contribution in [3.8, 4) is 0 Å². The predicted octanol–water partition coefficient (Wildman–Crippen LogP) is 1.59. The van der Waals surface area contributed by atoms with Gasteiger partial charge in [-0.2, -0.15) is 4.31 Å². The number of rotatable bonds is 9. The zero-order chi connectivity index (χ0) is 16.0. The first-order chi connectivity index (χ1) is 9.84. The number of halogens is 1. The van der Waals surface area contributed by atoms with Crippen molar-refractivity contribution >= 4 is 38.6 Å². The molecule has 11 heteroatoms. The Balaban J connectivity index is 3.09. The number of thiophene rings is 1. The van der Waals surface area contributed by atoms with Gasteiger partial charge < -0.3 is 9.47 Å². The third-order valence-corrected chi connectivity index (χ3v) is 6.21. The van der Waals surface area contributed by atoms with Gasteiger partial charge in [-0.3, -0.25) is 10.1 Å². The van der Waals surface area contributed by atoms with Crippen LogP contribution in [0.2, 0.25) is 4.34 Å². The molecule has 1 heterocycles. The number of methoxy groups -OCH3 is 2.